The second-order valence-electron chi connectivity index (χ2n) is 9.89. The van der Waals surface area contributed by atoms with Gasteiger partial charge in [-0.1, -0.05) is 49.8 Å². The normalized spacial score (nSPS) is 17.2. The van der Waals surface area contributed by atoms with Crippen molar-refractivity contribution in [2.75, 3.05) is 11.9 Å². The van der Waals surface area contributed by atoms with Gasteiger partial charge in [-0.3, -0.25) is 4.79 Å². The quantitative estimate of drug-likeness (QED) is 0.499. The van der Waals surface area contributed by atoms with E-state index in [9.17, 15) is 14.3 Å². The number of halogens is 1. The summed E-state index contributed by atoms with van der Waals surface area (Å²) in [5, 5.41) is 14.2. The molecule has 1 aliphatic heterocycles. The van der Waals surface area contributed by atoms with Crippen LogP contribution in [0.25, 0.3) is 11.3 Å². The van der Waals surface area contributed by atoms with Crippen LogP contribution in [-0.2, 0) is 17.9 Å². The Labute approximate surface area is 205 Å². The summed E-state index contributed by atoms with van der Waals surface area (Å²) in [6, 6.07) is 14.4. The average Bonchev–Trinajstić information content (AvgIpc) is 3.23. The SMILES string of the molecule is Cc1ccc(Nc2c(-c3ccc(F)cc3)nc3n2CCN(C(=O)[C@@H](O)CC2CCCCC2)C3)cc1. The Kier molecular flexibility index (Phi) is 6.86. The Morgan fingerprint density at radius 1 is 1.09 bits per heavy atom. The van der Waals surface area contributed by atoms with Gasteiger partial charge in [0.05, 0.1) is 6.54 Å². The molecule has 1 amide bonds. The molecule has 1 fully saturated rings. The van der Waals surface area contributed by atoms with E-state index < -0.39 is 6.10 Å². The minimum Gasteiger partial charge on any atom is -0.383 e. The monoisotopic (exact) mass is 476 g/mol. The van der Waals surface area contributed by atoms with Crippen molar-refractivity contribution < 1.29 is 14.3 Å². The first-order valence-electron chi connectivity index (χ1n) is 12.6. The van der Waals surface area contributed by atoms with E-state index in [1.54, 1.807) is 17.0 Å². The number of benzene rings is 2. The second kappa shape index (κ2) is 10.2. The van der Waals surface area contributed by atoms with E-state index in [-0.39, 0.29) is 11.7 Å². The Balaban J connectivity index is 1.39. The number of carbonyl (C=O) groups is 1. The van der Waals surface area contributed by atoms with Crippen LogP contribution in [-0.4, -0.2) is 38.1 Å². The third-order valence-corrected chi connectivity index (χ3v) is 7.28. The van der Waals surface area contributed by atoms with Gasteiger partial charge in [0.2, 0.25) is 0 Å². The van der Waals surface area contributed by atoms with Gasteiger partial charge in [-0.25, -0.2) is 9.37 Å². The van der Waals surface area contributed by atoms with Gasteiger partial charge in [-0.2, -0.15) is 0 Å². The maximum atomic E-state index is 13.6. The number of hydrogen-bond donors (Lipinski definition) is 2. The molecule has 6 nitrogen and oxygen atoms in total. The number of nitrogens with zero attached hydrogens (tertiary/aromatic N) is 3. The van der Waals surface area contributed by atoms with E-state index in [0.717, 1.165) is 41.4 Å². The van der Waals surface area contributed by atoms with E-state index in [1.165, 1.54) is 37.0 Å². The lowest BCUT2D eigenvalue weighted by molar-refractivity contribution is -0.142. The molecular formula is C28H33FN4O2. The van der Waals surface area contributed by atoms with Crippen LogP contribution in [0, 0.1) is 18.7 Å². The molecule has 5 rings (SSSR count). The number of aromatic nitrogens is 2. The maximum Gasteiger partial charge on any atom is 0.251 e. The van der Waals surface area contributed by atoms with Crippen molar-refractivity contribution in [1.82, 2.24) is 14.5 Å². The van der Waals surface area contributed by atoms with E-state index in [0.29, 0.717) is 32.0 Å². The molecule has 0 saturated heterocycles. The smallest absolute Gasteiger partial charge is 0.251 e. The number of rotatable bonds is 6. The Morgan fingerprint density at radius 2 is 1.80 bits per heavy atom. The van der Waals surface area contributed by atoms with Crippen LogP contribution in [0.3, 0.4) is 0 Å². The Morgan fingerprint density at radius 3 is 2.51 bits per heavy atom. The molecule has 0 radical (unpaired) electrons. The number of aliphatic hydroxyl groups is 1. The van der Waals surface area contributed by atoms with Gasteiger partial charge in [0.15, 0.2) is 0 Å². The van der Waals surface area contributed by atoms with Crippen LogP contribution in [0.15, 0.2) is 48.5 Å². The fraction of sp³-hybridized carbons (Fsp3) is 0.429. The molecule has 2 aliphatic rings. The predicted octanol–water partition coefficient (Wildman–Crippen LogP) is 5.41. The highest BCUT2D eigenvalue weighted by molar-refractivity contribution is 5.81. The van der Waals surface area contributed by atoms with Crippen LogP contribution in [0.5, 0.6) is 0 Å². The number of fused-ring (bicyclic) bond motifs is 1. The van der Waals surface area contributed by atoms with E-state index in [1.807, 2.05) is 31.2 Å². The van der Waals surface area contributed by atoms with Gasteiger partial charge >= 0.3 is 0 Å². The summed E-state index contributed by atoms with van der Waals surface area (Å²) in [6.45, 7) is 3.46. The third kappa shape index (κ3) is 5.25. The first-order chi connectivity index (χ1) is 17.0. The predicted molar refractivity (Wildman–Crippen MR) is 135 cm³/mol. The summed E-state index contributed by atoms with van der Waals surface area (Å²) < 4.78 is 15.7. The van der Waals surface area contributed by atoms with Crippen LogP contribution in [0.1, 0.15) is 49.9 Å². The number of carbonyl (C=O) groups excluding carboxylic acids is 1. The molecular weight excluding hydrogens is 443 g/mol. The first-order valence-corrected chi connectivity index (χ1v) is 12.6. The average molecular weight is 477 g/mol. The Bertz CT molecular complexity index is 1170. The van der Waals surface area contributed by atoms with Crippen molar-refractivity contribution in [3.63, 3.8) is 0 Å². The molecule has 0 unspecified atom stereocenters. The number of aryl methyl sites for hydroxylation is 1. The van der Waals surface area contributed by atoms with Crippen LogP contribution in [0.2, 0.25) is 0 Å². The van der Waals surface area contributed by atoms with Crippen LogP contribution in [0.4, 0.5) is 15.9 Å². The molecule has 3 aromatic rings. The largest absolute Gasteiger partial charge is 0.383 e. The molecule has 1 saturated carbocycles. The molecule has 2 heterocycles. The highest BCUT2D eigenvalue weighted by Gasteiger charge is 2.31. The number of imidazole rings is 1. The number of amides is 1. The molecule has 7 heteroatoms. The summed E-state index contributed by atoms with van der Waals surface area (Å²) in [5.74, 6) is 1.51. The van der Waals surface area contributed by atoms with Crippen molar-refractivity contribution in [1.29, 1.82) is 0 Å². The minimum absolute atomic E-state index is 0.207. The topological polar surface area (TPSA) is 70.4 Å². The highest BCUT2D eigenvalue weighted by Crippen LogP contribution is 2.34. The second-order valence-corrected chi connectivity index (χ2v) is 9.89. The summed E-state index contributed by atoms with van der Waals surface area (Å²) in [5.41, 5.74) is 3.63. The van der Waals surface area contributed by atoms with Crippen LogP contribution >= 0.6 is 0 Å². The highest BCUT2D eigenvalue weighted by atomic mass is 19.1. The lowest BCUT2D eigenvalue weighted by Gasteiger charge is -2.31. The Hall–Kier alpha value is -3.19. The van der Waals surface area contributed by atoms with Crippen molar-refractivity contribution in [2.24, 2.45) is 5.92 Å². The molecule has 1 aromatic heterocycles. The fourth-order valence-corrected chi connectivity index (χ4v) is 5.28. The molecule has 0 spiro atoms. The van der Waals surface area contributed by atoms with E-state index >= 15 is 0 Å². The summed E-state index contributed by atoms with van der Waals surface area (Å²) in [6.07, 6.45) is 5.43. The number of nitrogens with one attached hydrogen (secondary N) is 1. The lowest BCUT2D eigenvalue weighted by Crippen LogP contribution is -2.44. The standard InChI is InChI=1S/C28H33FN4O2/c1-19-7-13-23(14-8-19)30-27-26(21-9-11-22(29)12-10-21)31-25-18-32(15-16-33(25)27)28(35)24(34)17-20-5-3-2-4-6-20/h7-14,20,24,30,34H,2-6,15-18H2,1H3/t24-/m0/s1. The van der Waals surface area contributed by atoms with Gasteiger partial charge in [0, 0.05) is 24.3 Å². The van der Waals surface area contributed by atoms with Crippen molar-refractivity contribution in [2.45, 2.75) is 64.6 Å². The van der Waals surface area contributed by atoms with Gasteiger partial charge in [0.25, 0.3) is 5.91 Å². The van der Waals surface area contributed by atoms with Crippen molar-refractivity contribution in [3.05, 3.63) is 65.7 Å². The van der Waals surface area contributed by atoms with E-state index in [4.69, 9.17) is 4.98 Å². The minimum atomic E-state index is -0.957. The lowest BCUT2D eigenvalue weighted by atomic mass is 9.85. The zero-order chi connectivity index (χ0) is 24.4. The summed E-state index contributed by atoms with van der Waals surface area (Å²) in [4.78, 5) is 19.7. The molecule has 1 atom stereocenters. The third-order valence-electron chi connectivity index (χ3n) is 7.28. The van der Waals surface area contributed by atoms with Crippen molar-refractivity contribution in [3.8, 4) is 11.3 Å². The molecule has 0 bridgehead atoms. The molecule has 1 aliphatic carbocycles. The molecule has 2 aromatic carbocycles. The fourth-order valence-electron chi connectivity index (χ4n) is 5.28. The van der Waals surface area contributed by atoms with Crippen molar-refractivity contribution >= 4 is 17.4 Å². The van der Waals surface area contributed by atoms with Gasteiger partial charge in [-0.15, -0.1) is 0 Å². The van der Waals surface area contributed by atoms with Gasteiger partial charge in [0.1, 0.15) is 29.3 Å². The zero-order valence-corrected chi connectivity index (χ0v) is 20.2. The molecule has 35 heavy (non-hydrogen) atoms. The molecule has 184 valence electrons. The first kappa shape index (κ1) is 23.5. The maximum absolute atomic E-state index is 13.6. The number of anilines is 2. The molecule has 2 N–H and O–H groups in total. The van der Waals surface area contributed by atoms with Crippen LogP contribution < -0.4 is 5.32 Å². The number of hydrogen-bond acceptors (Lipinski definition) is 4. The summed E-state index contributed by atoms with van der Waals surface area (Å²) in [7, 11) is 0. The van der Waals surface area contributed by atoms with E-state index in [2.05, 4.69) is 9.88 Å². The van der Waals surface area contributed by atoms with Gasteiger partial charge < -0.3 is 19.9 Å². The number of aliphatic hydroxyl groups excluding tert-OH is 1. The summed E-state index contributed by atoms with van der Waals surface area (Å²) >= 11 is 0. The zero-order valence-electron chi connectivity index (χ0n) is 20.2. The van der Waals surface area contributed by atoms with Gasteiger partial charge in [-0.05, 0) is 55.7 Å².